The molecule has 3 nitrogen and oxygen atoms in total. The number of halogens is 1. The van der Waals surface area contributed by atoms with Crippen molar-refractivity contribution >= 4 is 24.3 Å². The predicted octanol–water partition coefficient (Wildman–Crippen LogP) is 4.04. The number of hydrogen-bond acceptors (Lipinski definition) is 3. The van der Waals surface area contributed by atoms with Crippen LogP contribution in [-0.4, -0.2) is 18.2 Å². The van der Waals surface area contributed by atoms with Crippen LogP contribution in [0.5, 0.6) is 0 Å². The van der Waals surface area contributed by atoms with Gasteiger partial charge in [0.2, 0.25) is 0 Å². The minimum atomic E-state index is -0.837. The van der Waals surface area contributed by atoms with Crippen molar-refractivity contribution in [2.45, 2.75) is 26.9 Å². The van der Waals surface area contributed by atoms with E-state index in [1.54, 1.807) is 0 Å². The highest BCUT2D eigenvalue weighted by Gasteiger charge is 2.11. The number of pyridine rings is 1. The van der Waals surface area contributed by atoms with Gasteiger partial charge < -0.3 is 9.05 Å². The summed E-state index contributed by atoms with van der Waals surface area (Å²) in [4.78, 5) is 4.49. The molecule has 1 rings (SSSR count). The molecule has 0 fully saturated rings. The summed E-state index contributed by atoms with van der Waals surface area (Å²) in [6, 6.07) is 4.02. The molecule has 0 amide bonds. The molecule has 0 aliphatic heterocycles. The van der Waals surface area contributed by atoms with Crippen molar-refractivity contribution in [2.75, 3.05) is 13.2 Å². The summed E-state index contributed by atoms with van der Waals surface area (Å²) >= 11 is 3.44. The molecule has 90 valence electrons. The highest BCUT2D eigenvalue weighted by molar-refractivity contribution is 9.10. The van der Waals surface area contributed by atoms with Gasteiger partial charge in [-0.1, -0.05) is 0 Å². The second-order valence-electron chi connectivity index (χ2n) is 3.20. The van der Waals surface area contributed by atoms with E-state index in [4.69, 9.17) is 9.05 Å². The molecule has 16 heavy (non-hydrogen) atoms. The van der Waals surface area contributed by atoms with Gasteiger partial charge in [0.05, 0.1) is 25.1 Å². The fourth-order valence-corrected chi connectivity index (χ4v) is 2.73. The summed E-state index contributed by atoms with van der Waals surface area (Å²) in [7, 11) is -0.837. The first-order valence-electron chi connectivity index (χ1n) is 5.32. The lowest BCUT2D eigenvalue weighted by Gasteiger charge is -2.15. The van der Waals surface area contributed by atoms with E-state index in [0.717, 1.165) is 22.0 Å². The average Bonchev–Trinajstić information content (AvgIpc) is 2.24. The monoisotopic (exact) mass is 305 g/mol. The molecular formula is C11H17BrNO2P. The normalized spacial score (nSPS) is 11.1. The molecule has 0 saturated heterocycles. The summed E-state index contributed by atoms with van der Waals surface area (Å²) in [5.41, 5.74) is 2.02. The van der Waals surface area contributed by atoms with E-state index < -0.39 is 8.38 Å². The molecule has 0 unspecified atom stereocenters. The van der Waals surface area contributed by atoms with Crippen LogP contribution in [0.25, 0.3) is 0 Å². The third-order valence-electron chi connectivity index (χ3n) is 1.92. The van der Waals surface area contributed by atoms with Crippen LogP contribution >= 0.6 is 24.3 Å². The van der Waals surface area contributed by atoms with Crippen LogP contribution in [0.3, 0.4) is 0 Å². The van der Waals surface area contributed by atoms with Gasteiger partial charge in [-0.15, -0.1) is 0 Å². The first-order chi connectivity index (χ1) is 7.67. The lowest BCUT2D eigenvalue weighted by atomic mass is 10.3. The lowest BCUT2D eigenvalue weighted by molar-refractivity contribution is 0.268. The second-order valence-corrected chi connectivity index (χ2v) is 5.55. The van der Waals surface area contributed by atoms with Crippen molar-refractivity contribution in [3.8, 4) is 0 Å². The van der Waals surface area contributed by atoms with Crippen molar-refractivity contribution in [3.63, 3.8) is 0 Å². The molecule has 0 aromatic carbocycles. The third kappa shape index (κ3) is 4.46. The van der Waals surface area contributed by atoms with Gasteiger partial charge in [-0.05, 0) is 48.8 Å². The minimum absolute atomic E-state index is 0.682. The molecule has 0 aliphatic carbocycles. The lowest BCUT2D eigenvalue weighted by Crippen LogP contribution is -1.97. The minimum Gasteiger partial charge on any atom is -0.334 e. The van der Waals surface area contributed by atoms with E-state index in [9.17, 15) is 0 Å². The number of rotatable bonds is 6. The summed E-state index contributed by atoms with van der Waals surface area (Å²) < 4.78 is 12.1. The van der Waals surface area contributed by atoms with Gasteiger partial charge in [-0.25, -0.2) is 0 Å². The molecule has 1 aromatic rings. The maximum Gasteiger partial charge on any atom is 0.176 e. The van der Waals surface area contributed by atoms with Gasteiger partial charge >= 0.3 is 0 Å². The molecule has 0 atom stereocenters. The van der Waals surface area contributed by atoms with Crippen LogP contribution in [0.1, 0.15) is 25.2 Å². The standard InChI is InChI=1S/C11H17BrNO2P/c1-4-14-16(15-5-2)8-10-6-7-11(12)9(3)13-10/h6-7H,4-5,8H2,1-3H3. The van der Waals surface area contributed by atoms with Gasteiger partial charge in [-0.2, -0.15) is 0 Å². The largest absolute Gasteiger partial charge is 0.334 e. The van der Waals surface area contributed by atoms with Crippen LogP contribution in [0, 0.1) is 6.92 Å². The van der Waals surface area contributed by atoms with E-state index in [-0.39, 0.29) is 0 Å². The first-order valence-corrected chi connectivity index (χ1v) is 7.48. The molecule has 0 bridgehead atoms. The van der Waals surface area contributed by atoms with Crippen LogP contribution < -0.4 is 0 Å². The highest BCUT2D eigenvalue weighted by atomic mass is 79.9. The van der Waals surface area contributed by atoms with Crippen LogP contribution in [0.2, 0.25) is 0 Å². The van der Waals surface area contributed by atoms with E-state index in [1.807, 2.05) is 32.9 Å². The van der Waals surface area contributed by atoms with Crippen LogP contribution in [0.4, 0.5) is 0 Å². The van der Waals surface area contributed by atoms with Crippen molar-refractivity contribution in [1.29, 1.82) is 0 Å². The zero-order chi connectivity index (χ0) is 12.0. The Morgan fingerprint density at radius 1 is 1.25 bits per heavy atom. The van der Waals surface area contributed by atoms with Gasteiger partial charge in [0.1, 0.15) is 0 Å². The van der Waals surface area contributed by atoms with E-state index in [1.165, 1.54) is 0 Å². The Labute approximate surface area is 107 Å². The topological polar surface area (TPSA) is 31.4 Å². The molecule has 0 saturated carbocycles. The number of aryl methyl sites for hydroxylation is 1. The van der Waals surface area contributed by atoms with Crippen molar-refractivity contribution in [1.82, 2.24) is 4.98 Å². The first kappa shape index (κ1) is 14.0. The fourth-order valence-electron chi connectivity index (χ4n) is 1.23. The molecule has 0 aliphatic rings. The SMILES string of the molecule is CCOP(Cc1ccc(Br)c(C)n1)OCC. The summed E-state index contributed by atoms with van der Waals surface area (Å²) in [5.74, 6) is 0. The Morgan fingerprint density at radius 3 is 2.38 bits per heavy atom. The van der Waals surface area contributed by atoms with Crippen LogP contribution in [0.15, 0.2) is 16.6 Å². The maximum atomic E-state index is 5.55. The van der Waals surface area contributed by atoms with Gasteiger partial charge in [0.15, 0.2) is 8.38 Å². The quantitative estimate of drug-likeness (QED) is 0.743. The third-order valence-corrected chi connectivity index (χ3v) is 4.43. The zero-order valence-electron chi connectivity index (χ0n) is 9.86. The maximum absolute atomic E-state index is 5.55. The average molecular weight is 306 g/mol. The van der Waals surface area contributed by atoms with E-state index in [2.05, 4.69) is 20.9 Å². The smallest absolute Gasteiger partial charge is 0.176 e. The molecular weight excluding hydrogens is 289 g/mol. The van der Waals surface area contributed by atoms with Crippen LogP contribution in [-0.2, 0) is 15.2 Å². The van der Waals surface area contributed by atoms with Crippen molar-refractivity contribution in [3.05, 3.63) is 28.0 Å². The fraction of sp³-hybridized carbons (Fsp3) is 0.545. The highest BCUT2D eigenvalue weighted by Crippen LogP contribution is 2.41. The molecule has 0 radical (unpaired) electrons. The predicted molar refractivity (Wildman–Crippen MR) is 70.6 cm³/mol. The molecule has 1 heterocycles. The molecule has 0 spiro atoms. The number of hydrogen-bond donors (Lipinski definition) is 0. The van der Waals surface area contributed by atoms with Crippen molar-refractivity contribution in [2.24, 2.45) is 0 Å². The zero-order valence-corrected chi connectivity index (χ0v) is 12.3. The van der Waals surface area contributed by atoms with E-state index >= 15 is 0 Å². The van der Waals surface area contributed by atoms with Gasteiger partial charge in [0, 0.05) is 10.2 Å². The number of nitrogens with zero attached hydrogens (tertiary/aromatic N) is 1. The van der Waals surface area contributed by atoms with E-state index in [0.29, 0.717) is 13.2 Å². The number of aromatic nitrogens is 1. The Hall–Kier alpha value is -0.0200. The Balaban J connectivity index is 2.65. The summed E-state index contributed by atoms with van der Waals surface area (Å²) in [6.45, 7) is 7.31. The molecule has 5 heteroatoms. The summed E-state index contributed by atoms with van der Waals surface area (Å²) in [6.07, 6.45) is 0.755. The van der Waals surface area contributed by atoms with Gasteiger partial charge in [-0.3, -0.25) is 4.98 Å². The Bertz CT molecular complexity index is 330. The molecule has 0 N–H and O–H groups in total. The van der Waals surface area contributed by atoms with Crippen molar-refractivity contribution < 1.29 is 9.05 Å². The second kappa shape index (κ2) is 7.33. The Kier molecular flexibility index (Phi) is 6.44. The molecule has 1 aromatic heterocycles. The van der Waals surface area contributed by atoms with Gasteiger partial charge in [0.25, 0.3) is 0 Å². The summed E-state index contributed by atoms with van der Waals surface area (Å²) in [5, 5.41) is 0. The Morgan fingerprint density at radius 2 is 1.88 bits per heavy atom.